The van der Waals surface area contributed by atoms with Gasteiger partial charge in [-0.05, 0) is 19.8 Å². The fourth-order valence-electron chi connectivity index (χ4n) is 2.53. The van der Waals surface area contributed by atoms with Crippen LogP contribution in [-0.4, -0.2) is 79.7 Å². The summed E-state index contributed by atoms with van der Waals surface area (Å²) in [6, 6.07) is 0. The summed E-state index contributed by atoms with van der Waals surface area (Å²) >= 11 is 0. The van der Waals surface area contributed by atoms with Crippen LogP contribution in [0.5, 0.6) is 0 Å². The van der Waals surface area contributed by atoms with Gasteiger partial charge in [-0.25, -0.2) is 4.79 Å². The van der Waals surface area contributed by atoms with Crippen LogP contribution in [0.25, 0.3) is 0 Å². The summed E-state index contributed by atoms with van der Waals surface area (Å²) in [7, 11) is 0. The number of piperazine rings is 1. The first-order chi connectivity index (χ1) is 10.6. The maximum absolute atomic E-state index is 12.1. The number of amides is 3. The Labute approximate surface area is 129 Å². The fraction of sp³-hybridized carbons (Fsp3) is 0.786. The summed E-state index contributed by atoms with van der Waals surface area (Å²) in [6.45, 7) is 4.47. The van der Waals surface area contributed by atoms with Crippen LogP contribution in [0.1, 0.15) is 19.8 Å². The van der Waals surface area contributed by atoms with Crippen molar-refractivity contribution in [1.29, 1.82) is 0 Å². The first-order valence-electron chi connectivity index (χ1n) is 7.70. The van der Waals surface area contributed by atoms with Crippen LogP contribution in [-0.2, 0) is 19.1 Å². The lowest BCUT2D eigenvalue weighted by Gasteiger charge is -2.34. The third-order valence-corrected chi connectivity index (χ3v) is 3.79. The number of hydrogen-bond acceptors (Lipinski definition) is 5. The van der Waals surface area contributed by atoms with Crippen molar-refractivity contribution >= 4 is 17.9 Å². The van der Waals surface area contributed by atoms with Crippen molar-refractivity contribution < 1.29 is 23.9 Å². The van der Waals surface area contributed by atoms with E-state index in [4.69, 9.17) is 9.47 Å². The lowest BCUT2D eigenvalue weighted by atomic mass is 10.2. The van der Waals surface area contributed by atoms with Crippen LogP contribution in [0.4, 0.5) is 4.79 Å². The molecule has 124 valence electrons. The third-order valence-electron chi connectivity index (χ3n) is 3.79. The number of nitrogens with zero attached hydrogens (tertiary/aromatic N) is 2. The van der Waals surface area contributed by atoms with E-state index in [1.807, 2.05) is 0 Å². The van der Waals surface area contributed by atoms with Crippen LogP contribution in [0.3, 0.4) is 0 Å². The molecule has 2 heterocycles. The molecule has 2 fully saturated rings. The first kappa shape index (κ1) is 16.5. The average molecular weight is 313 g/mol. The molecule has 0 radical (unpaired) electrons. The molecule has 3 amide bonds. The van der Waals surface area contributed by atoms with E-state index in [1.165, 1.54) is 0 Å². The topological polar surface area (TPSA) is 88.2 Å². The van der Waals surface area contributed by atoms with Crippen LogP contribution >= 0.6 is 0 Å². The van der Waals surface area contributed by atoms with Crippen molar-refractivity contribution in [2.24, 2.45) is 0 Å². The normalized spacial score (nSPS) is 21.6. The highest BCUT2D eigenvalue weighted by Crippen LogP contribution is 2.11. The van der Waals surface area contributed by atoms with E-state index in [9.17, 15) is 14.4 Å². The Bertz CT molecular complexity index is 415. The van der Waals surface area contributed by atoms with Gasteiger partial charge in [0.15, 0.2) is 0 Å². The highest BCUT2D eigenvalue weighted by atomic mass is 16.6. The number of rotatable bonds is 4. The Balaban J connectivity index is 1.68. The number of hydrogen-bond donors (Lipinski definition) is 1. The molecule has 0 saturated carbocycles. The van der Waals surface area contributed by atoms with Crippen LogP contribution in [0.2, 0.25) is 0 Å². The molecule has 0 bridgehead atoms. The largest absolute Gasteiger partial charge is 0.450 e. The van der Waals surface area contributed by atoms with E-state index in [-0.39, 0.29) is 24.5 Å². The molecule has 8 heteroatoms. The Morgan fingerprint density at radius 1 is 1.18 bits per heavy atom. The Hall–Kier alpha value is -1.83. The second-order valence-electron chi connectivity index (χ2n) is 5.29. The van der Waals surface area contributed by atoms with E-state index < -0.39 is 6.10 Å². The van der Waals surface area contributed by atoms with Gasteiger partial charge >= 0.3 is 6.09 Å². The maximum atomic E-state index is 12.1. The van der Waals surface area contributed by atoms with Gasteiger partial charge in [0, 0.05) is 32.8 Å². The zero-order chi connectivity index (χ0) is 15.9. The van der Waals surface area contributed by atoms with Gasteiger partial charge in [-0.15, -0.1) is 0 Å². The average Bonchev–Trinajstić information content (AvgIpc) is 3.07. The number of carbonyl (C=O) groups excluding carboxylic acids is 3. The smallest absolute Gasteiger partial charge is 0.409 e. The van der Waals surface area contributed by atoms with E-state index in [0.29, 0.717) is 45.8 Å². The van der Waals surface area contributed by atoms with Crippen molar-refractivity contribution in [3.05, 3.63) is 0 Å². The summed E-state index contributed by atoms with van der Waals surface area (Å²) in [5.74, 6) is -0.370. The zero-order valence-corrected chi connectivity index (χ0v) is 12.9. The lowest BCUT2D eigenvalue weighted by molar-refractivity contribution is -0.136. The van der Waals surface area contributed by atoms with Gasteiger partial charge in [0.05, 0.1) is 13.2 Å². The molecule has 0 aromatic heterocycles. The Morgan fingerprint density at radius 2 is 1.86 bits per heavy atom. The third kappa shape index (κ3) is 4.33. The molecule has 0 aromatic rings. The van der Waals surface area contributed by atoms with Crippen LogP contribution in [0, 0.1) is 0 Å². The van der Waals surface area contributed by atoms with Crippen molar-refractivity contribution in [3.8, 4) is 0 Å². The molecule has 1 unspecified atom stereocenters. The molecule has 0 aromatic carbocycles. The second kappa shape index (κ2) is 7.98. The van der Waals surface area contributed by atoms with E-state index in [2.05, 4.69) is 5.32 Å². The predicted octanol–water partition coefficient (Wildman–Crippen LogP) is -0.418. The van der Waals surface area contributed by atoms with Gasteiger partial charge < -0.3 is 24.6 Å². The summed E-state index contributed by atoms with van der Waals surface area (Å²) in [4.78, 5) is 38.6. The molecule has 1 atom stereocenters. The molecule has 2 aliphatic rings. The van der Waals surface area contributed by atoms with Gasteiger partial charge in [0.2, 0.25) is 11.8 Å². The summed E-state index contributed by atoms with van der Waals surface area (Å²) in [5, 5.41) is 2.62. The molecule has 2 rings (SSSR count). The number of nitrogens with one attached hydrogen (secondary N) is 1. The molecule has 1 N–H and O–H groups in total. The molecule has 0 spiro atoms. The van der Waals surface area contributed by atoms with Gasteiger partial charge in [0.25, 0.3) is 0 Å². The van der Waals surface area contributed by atoms with Gasteiger partial charge in [-0.3, -0.25) is 9.59 Å². The maximum Gasteiger partial charge on any atom is 0.409 e. The fourth-order valence-corrected chi connectivity index (χ4v) is 2.53. The second-order valence-corrected chi connectivity index (χ2v) is 5.29. The minimum atomic E-state index is -0.423. The molecular weight excluding hydrogens is 290 g/mol. The Kier molecular flexibility index (Phi) is 6.00. The molecule has 2 aliphatic heterocycles. The Morgan fingerprint density at radius 3 is 2.45 bits per heavy atom. The quantitative estimate of drug-likeness (QED) is 0.762. The molecule has 0 aliphatic carbocycles. The first-order valence-corrected chi connectivity index (χ1v) is 7.70. The molecule has 2 saturated heterocycles. The predicted molar refractivity (Wildman–Crippen MR) is 77.2 cm³/mol. The van der Waals surface area contributed by atoms with Crippen molar-refractivity contribution in [2.45, 2.75) is 25.9 Å². The molecule has 22 heavy (non-hydrogen) atoms. The SMILES string of the molecule is CCOC(=O)N1CCN(C(=O)CNC(=O)C2CCCO2)CC1. The number of carbonyl (C=O) groups is 3. The lowest BCUT2D eigenvalue weighted by Crippen LogP contribution is -2.53. The van der Waals surface area contributed by atoms with E-state index in [1.54, 1.807) is 16.7 Å². The van der Waals surface area contributed by atoms with Crippen molar-refractivity contribution in [2.75, 3.05) is 45.9 Å². The van der Waals surface area contributed by atoms with Crippen molar-refractivity contribution in [3.63, 3.8) is 0 Å². The number of ether oxygens (including phenoxy) is 2. The van der Waals surface area contributed by atoms with Crippen LogP contribution < -0.4 is 5.32 Å². The highest BCUT2D eigenvalue weighted by molar-refractivity contribution is 5.87. The van der Waals surface area contributed by atoms with Crippen LogP contribution in [0.15, 0.2) is 0 Å². The van der Waals surface area contributed by atoms with Crippen molar-refractivity contribution in [1.82, 2.24) is 15.1 Å². The standard InChI is InChI=1S/C14H23N3O5/c1-2-21-14(20)17-7-5-16(6-8-17)12(18)10-15-13(19)11-4-3-9-22-11/h11H,2-10H2,1H3,(H,15,19). The van der Waals surface area contributed by atoms with Gasteiger partial charge in [-0.2, -0.15) is 0 Å². The minimum Gasteiger partial charge on any atom is -0.450 e. The van der Waals surface area contributed by atoms with Gasteiger partial charge in [-0.1, -0.05) is 0 Å². The van der Waals surface area contributed by atoms with E-state index in [0.717, 1.165) is 6.42 Å². The summed E-state index contributed by atoms with van der Waals surface area (Å²) < 4.78 is 10.2. The molecular formula is C14H23N3O5. The minimum absolute atomic E-state index is 0.0297. The van der Waals surface area contributed by atoms with Gasteiger partial charge in [0.1, 0.15) is 6.10 Å². The summed E-state index contributed by atoms with van der Waals surface area (Å²) in [5.41, 5.74) is 0. The molecule has 8 nitrogen and oxygen atoms in total. The monoisotopic (exact) mass is 313 g/mol. The highest BCUT2D eigenvalue weighted by Gasteiger charge is 2.27. The summed E-state index contributed by atoms with van der Waals surface area (Å²) in [6.07, 6.45) is 0.815. The zero-order valence-electron chi connectivity index (χ0n) is 12.9. The van der Waals surface area contributed by atoms with E-state index >= 15 is 0 Å².